The third kappa shape index (κ3) is 2.54. The highest BCUT2D eigenvalue weighted by Gasteiger charge is 2.17. The normalized spacial score (nSPS) is 12.1. The minimum absolute atomic E-state index is 0.00630. The molecule has 6 nitrogen and oxygen atoms in total. The molecular formula is C10H13NO5. The number of phenolic OH excluding ortho intramolecular Hbond substituents is 3. The Hall–Kier alpha value is -1.95. The van der Waals surface area contributed by atoms with Crippen LogP contribution in [0, 0.1) is 0 Å². The molecule has 1 aromatic rings. The van der Waals surface area contributed by atoms with Gasteiger partial charge in [0.15, 0.2) is 11.5 Å². The van der Waals surface area contributed by atoms with Crippen molar-refractivity contribution >= 4 is 5.97 Å². The Kier molecular flexibility index (Phi) is 3.57. The second-order valence-electron chi connectivity index (χ2n) is 3.30. The van der Waals surface area contributed by atoms with Crippen LogP contribution in [-0.4, -0.2) is 34.4 Å². The van der Waals surface area contributed by atoms with Crippen LogP contribution < -0.4 is 5.73 Å². The van der Waals surface area contributed by atoms with E-state index in [1.807, 2.05) is 0 Å². The van der Waals surface area contributed by atoms with Crippen LogP contribution >= 0.6 is 0 Å². The lowest BCUT2D eigenvalue weighted by molar-refractivity contribution is -0.142. The maximum absolute atomic E-state index is 11.0. The summed E-state index contributed by atoms with van der Waals surface area (Å²) in [5.41, 5.74) is 5.74. The molecule has 0 saturated heterocycles. The van der Waals surface area contributed by atoms with Gasteiger partial charge in [-0.05, 0) is 11.6 Å². The number of carbonyl (C=O) groups is 1. The molecule has 5 N–H and O–H groups in total. The first-order valence-corrected chi connectivity index (χ1v) is 4.53. The highest BCUT2D eigenvalue weighted by Crippen LogP contribution is 2.32. The van der Waals surface area contributed by atoms with Gasteiger partial charge in [0.2, 0.25) is 0 Å². The molecule has 1 aromatic carbocycles. The van der Waals surface area contributed by atoms with Crippen molar-refractivity contribution < 1.29 is 24.9 Å². The first kappa shape index (κ1) is 12.1. The van der Waals surface area contributed by atoms with Crippen LogP contribution in [0.4, 0.5) is 0 Å². The molecule has 0 bridgehead atoms. The van der Waals surface area contributed by atoms with Crippen molar-refractivity contribution in [2.24, 2.45) is 5.73 Å². The molecule has 0 fully saturated rings. The van der Waals surface area contributed by atoms with Gasteiger partial charge in [0.05, 0.1) is 7.11 Å². The van der Waals surface area contributed by atoms with Gasteiger partial charge in [-0.15, -0.1) is 0 Å². The summed E-state index contributed by atoms with van der Waals surface area (Å²) in [4.78, 5) is 11.0. The molecule has 0 heterocycles. The molecule has 0 saturated carbocycles. The summed E-state index contributed by atoms with van der Waals surface area (Å²) in [6.45, 7) is 0. The number of benzene rings is 1. The lowest BCUT2D eigenvalue weighted by atomic mass is 10.0. The van der Waals surface area contributed by atoms with E-state index in [2.05, 4.69) is 4.74 Å². The molecule has 0 aromatic heterocycles. The van der Waals surface area contributed by atoms with E-state index in [9.17, 15) is 15.0 Å². The first-order valence-electron chi connectivity index (χ1n) is 4.53. The number of carbonyl (C=O) groups excluding carboxylic acids is 1. The largest absolute Gasteiger partial charge is 0.508 e. The molecule has 0 aliphatic carbocycles. The first-order chi connectivity index (χ1) is 7.45. The van der Waals surface area contributed by atoms with E-state index in [0.717, 1.165) is 12.1 Å². The number of hydrogen-bond acceptors (Lipinski definition) is 6. The molecule has 88 valence electrons. The average Bonchev–Trinajstić information content (AvgIpc) is 2.24. The lowest BCUT2D eigenvalue weighted by Crippen LogP contribution is -2.33. The van der Waals surface area contributed by atoms with E-state index in [1.54, 1.807) is 0 Å². The predicted octanol–water partition coefficient (Wildman–Crippen LogP) is -0.154. The van der Waals surface area contributed by atoms with Crippen LogP contribution in [0.1, 0.15) is 5.56 Å². The zero-order valence-corrected chi connectivity index (χ0v) is 8.67. The summed E-state index contributed by atoms with van der Waals surface area (Å²) < 4.78 is 4.42. The summed E-state index contributed by atoms with van der Waals surface area (Å²) >= 11 is 0. The maximum Gasteiger partial charge on any atom is 0.322 e. The summed E-state index contributed by atoms with van der Waals surface area (Å²) in [6, 6.07) is 1.20. The van der Waals surface area contributed by atoms with E-state index < -0.39 is 17.8 Å². The topological polar surface area (TPSA) is 113 Å². The van der Waals surface area contributed by atoms with Crippen LogP contribution in [0.2, 0.25) is 0 Å². The minimum atomic E-state index is -0.931. The van der Waals surface area contributed by atoms with Crippen molar-refractivity contribution in [3.63, 3.8) is 0 Å². The van der Waals surface area contributed by atoms with Crippen molar-refractivity contribution in [1.82, 2.24) is 0 Å². The van der Waals surface area contributed by atoms with Gasteiger partial charge in [-0.1, -0.05) is 0 Å². The quantitative estimate of drug-likeness (QED) is 0.324. The SMILES string of the molecule is COC(=O)C(N)Cc1cc(O)c(O)cc1O. The number of rotatable bonds is 3. The van der Waals surface area contributed by atoms with Crippen molar-refractivity contribution in [3.8, 4) is 17.2 Å². The second kappa shape index (κ2) is 4.71. The molecule has 1 atom stereocenters. The molecule has 1 unspecified atom stereocenters. The van der Waals surface area contributed by atoms with Gasteiger partial charge in [-0.25, -0.2) is 0 Å². The predicted molar refractivity (Wildman–Crippen MR) is 55.1 cm³/mol. The van der Waals surface area contributed by atoms with Crippen LogP contribution in [0.15, 0.2) is 12.1 Å². The monoisotopic (exact) mass is 227 g/mol. The fourth-order valence-electron chi connectivity index (χ4n) is 1.24. The van der Waals surface area contributed by atoms with Crippen LogP contribution in [-0.2, 0) is 16.0 Å². The smallest absolute Gasteiger partial charge is 0.322 e. The third-order valence-electron chi connectivity index (χ3n) is 2.12. The zero-order valence-electron chi connectivity index (χ0n) is 8.67. The number of ether oxygens (including phenoxy) is 1. The molecule has 0 spiro atoms. The molecule has 0 aliphatic heterocycles. The van der Waals surface area contributed by atoms with Gasteiger partial charge in [0, 0.05) is 12.5 Å². The number of phenols is 3. The second-order valence-corrected chi connectivity index (χ2v) is 3.30. The third-order valence-corrected chi connectivity index (χ3v) is 2.12. The molecule has 16 heavy (non-hydrogen) atoms. The Labute approximate surface area is 91.9 Å². The average molecular weight is 227 g/mol. The van der Waals surface area contributed by atoms with Gasteiger partial charge in [-0.2, -0.15) is 0 Å². The Morgan fingerprint density at radius 1 is 1.31 bits per heavy atom. The Bertz CT molecular complexity index is 404. The molecule has 1 rings (SSSR count). The highest BCUT2D eigenvalue weighted by atomic mass is 16.5. The number of nitrogens with two attached hydrogens (primary N) is 1. The Morgan fingerprint density at radius 3 is 2.44 bits per heavy atom. The number of methoxy groups -OCH3 is 1. The van der Waals surface area contributed by atoms with Crippen LogP contribution in [0.5, 0.6) is 17.2 Å². The minimum Gasteiger partial charge on any atom is -0.508 e. The summed E-state index contributed by atoms with van der Waals surface area (Å²) in [6.07, 6.45) is 0.00630. The molecular weight excluding hydrogens is 214 g/mol. The van der Waals surface area contributed by atoms with Crippen molar-refractivity contribution in [1.29, 1.82) is 0 Å². The lowest BCUT2D eigenvalue weighted by Gasteiger charge is -2.11. The van der Waals surface area contributed by atoms with Gasteiger partial charge in [-0.3, -0.25) is 4.79 Å². The summed E-state index contributed by atoms with van der Waals surface area (Å²) in [5.74, 6) is -1.68. The Morgan fingerprint density at radius 2 is 1.88 bits per heavy atom. The fraction of sp³-hybridized carbons (Fsp3) is 0.300. The van der Waals surface area contributed by atoms with Gasteiger partial charge in [0.1, 0.15) is 11.8 Å². The number of esters is 1. The molecule has 6 heteroatoms. The van der Waals surface area contributed by atoms with Crippen molar-refractivity contribution in [2.45, 2.75) is 12.5 Å². The van der Waals surface area contributed by atoms with E-state index in [0.29, 0.717) is 0 Å². The van der Waals surface area contributed by atoms with Crippen LogP contribution in [0.25, 0.3) is 0 Å². The highest BCUT2D eigenvalue weighted by molar-refractivity contribution is 5.76. The Balaban J connectivity index is 2.89. The van der Waals surface area contributed by atoms with E-state index in [-0.39, 0.29) is 23.5 Å². The van der Waals surface area contributed by atoms with Gasteiger partial charge < -0.3 is 25.8 Å². The fourth-order valence-corrected chi connectivity index (χ4v) is 1.24. The number of aromatic hydroxyl groups is 3. The van der Waals surface area contributed by atoms with E-state index in [1.165, 1.54) is 7.11 Å². The van der Waals surface area contributed by atoms with Crippen molar-refractivity contribution in [2.75, 3.05) is 7.11 Å². The van der Waals surface area contributed by atoms with Crippen molar-refractivity contribution in [3.05, 3.63) is 17.7 Å². The van der Waals surface area contributed by atoms with E-state index >= 15 is 0 Å². The number of hydrogen-bond donors (Lipinski definition) is 4. The maximum atomic E-state index is 11.0. The van der Waals surface area contributed by atoms with Gasteiger partial charge >= 0.3 is 5.97 Å². The summed E-state index contributed by atoms with van der Waals surface area (Å²) in [7, 11) is 1.20. The molecule has 0 aliphatic rings. The van der Waals surface area contributed by atoms with Crippen LogP contribution in [0.3, 0.4) is 0 Å². The molecule has 0 amide bonds. The molecule has 0 radical (unpaired) electrons. The summed E-state index contributed by atoms with van der Waals surface area (Å²) in [5, 5.41) is 27.7. The van der Waals surface area contributed by atoms with E-state index in [4.69, 9.17) is 10.8 Å². The standard InChI is InChI=1S/C10H13NO5/c1-16-10(15)6(11)2-5-3-8(13)9(14)4-7(5)12/h3-4,6,12-14H,2,11H2,1H3. The zero-order chi connectivity index (χ0) is 12.3. The van der Waals surface area contributed by atoms with Gasteiger partial charge in [0.25, 0.3) is 0 Å².